The van der Waals surface area contributed by atoms with E-state index < -0.39 is 7.25 Å². The van der Waals surface area contributed by atoms with Crippen LogP contribution in [0.5, 0.6) is 0 Å². The molecule has 1 aliphatic rings. The Morgan fingerprint density at radius 1 is 1.17 bits per heavy atom. The molecule has 0 N–H and O–H groups in total. The lowest BCUT2D eigenvalue weighted by Crippen LogP contribution is -2.02. The van der Waals surface area contributed by atoms with Crippen LogP contribution in [0.1, 0.15) is 0 Å². The molecule has 0 saturated carbocycles. The fraction of sp³-hybridized carbons (Fsp3) is 0.750. The van der Waals surface area contributed by atoms with Crippen molar-refractivity contribution >= 4 is 45.7 Å². The van der Waals surface area contributed by atoms with E-state index in [-0.39, 0.29) is 0 Å². The highest BCUT2D eigenvalue weighted by Crippen LogP contribution is 2.24. The minimum absolute atomic E-state index is 1.32. The second-order valence-corrected chi connectivity index (χ2v) is 5.45. The average molecular weight is 238 g/mol. The Hall–Kier alpha value is 0.575. The predicted molar refractivity (Wildman–Crippen MR) is 53.4 cm³/mol. The van der Waals surface area contributed by atoms with Gasteiger partial charge in [0.15, 0.2) is 17.6 Å². The van der Waals surface area contributed by atoms with Crippen molar-refractivity contribution in [1.29, 1.82) is 0 Å². The largest absolute Gasteiger partial charge is 0.673 e. The van der Waals surface area contributed by atoms with E-state index in [2.05, 4.69) is 6.26 Å². The summed E-state index contributed by atoms with van der Waals surface area (Å²) in [6.45, 7) is 0. The third-order valence-corrected chi connectivity index (χ3v) is 4.98. The Kier molecular flexibility index (Phi) is 6.39. The molecule has 8 heteroatoms. The molecule has 1 saturated heterocycles. The third kappa shape index (κ3) is 10.6. The third-order valence-electron chi connectivity index (χ3n) is 0.690. The number of hydrogen-bond acceptors (Lipinski definition) is 2. The van der Waals surface area contributed by atoms with Crippen LogP contribution in [0, 0.1) is 0 Å². The molecule has 72 valence electrons. The van der Waals surface area contributed by atoms with Crippen molar-refractivity contribution in [1.82, 2.24) is 0 Å². The standard InChI is InChI=1S/C4H7S3.BF4/c1-5-4-6-2-3-7-4;2-1(3,4)5/h2-3H2,1H3;/q+1;-1. The molecule has 0 amide bonds. The topological polar surface area (TPSA) is 0 Å². The van der Waals surface area contributed by atoms with Gasteiger partial charge in [-0.05, 0) is 0 Å². The maximum Gasteiger partial charge on any atom is 0.673 e. The van der Waals surface area contributed by atoms with Gasteiger partial charge in [-0.25, -0.2) is 0 Å². The van der Waals surface area contributed by atoms with E-state index in [1.165, 1.54) is 11.5 Å². The fourth-order valence-electron chi connectivity index (χ4n) is 0.410. The molecule has 1 heterocycles. The van der Waals surface area contributed by atoms with Gasteiger partial charge in [-0.3, -0.25) is 0 Å². The predicted octanol–water partition coefficient (Wildman–Crippen LogP) is 2.57. The van der Waals surface area contributed by atoms with Gasteiger partial charge in [-0.2, -0.15) is 0 Å². The van der Waals surface area contributed by atoms with Crippen molar-refractivity contribution in [3.63, 3.8) is 0 Å². The Labute approximate surface area is 80.9 Å². The molecule has 0 aromatic heterocycles. The van der Waals surface area contributed by atoms with E-state index in [1.807, 2.05) is 34.9 Å². The molecule has 12 heavy (non-hydrogen) atoms. The molecule has 1 fully saturated rings. The summed E-state index contributed by atoms with van der Waals surface area (Å²) in [5.74, 6) is 2.64. The van der Waals surface area contributed by atoms with Crippen molar-refractivity contribution in [3.8, 4) is 0 Å². The van der Waals surface area contributed by atoms with Crippen LogP contribution in [0.2, 0.25) is 0 Å². The van der Waals surface area contributed by atoms with Gasteiger partial charge in [0, 0.05) is 11.5 Å². The molecular formula is C4H7BF4S3. The van der Waals surface area contributed by atoms with Crippen LogP contribution in [-0.4, -0.2) is 28.5 Å². The van der Waals surface area contributed by atoms with Gasteiger partial charge < -0.3 is 17.3 Å². The highest BCUT2D eigenvalue weighted by atomic mass is 32.2. The second kappa shape index (κ2) is 6.09. The summed E-state index contributed by atoms with van der Waals surface area (Å²) >= 11 is 5.84. The van der Waals surface area contributed by atoms with Crippen LogP contribution in [0.4, 0.5) is 17.3 Å². The number of rotatable bonds is 0. The Morgan fingerprint density at radius 2 is 1.50 bits per heavy atom. The number of halogens is 4. The molecule has 0 bridgehead atoms. The monoisotopic (exact) mass is 238 g/mol. The summed E-state index contributed by atoms with van der Waals surface area (Å²) in [5, 5.41) is 0. The molecule has 0 nitrogen and oxygen atoms in total. The minimum atomic E-state index is -6.00. The van der Waals surface area contributed by atoms with Gasteiger partial charge in [0.05, 0.1) is 0 Å². The van der Waals surface area contributed by atoms with Gasteiger partial charge in [0.2, 0.25) is 0 Å². The zero-order chi connectivity index (χ0) is 9.61. The SMILES string of the molecule is C[S+]=C1SCCS1.F[B-](F)(F)F. The zero-order valence-corrected chi connectivity index (χ0v) is 8.68. The van der Waals surface area contributed by atoms with Crippen LogP contribution in [-0.2, 0) is 11.4 Å². The Bertz CT molecular complexity index is 143. The van der Waals surface area contributed by atoms with Gasteiger partial charge in [0.25, 0.3) is 3.53 Å². The normalized spacial score (nSPS) is 16.9. The Morgan fingerprint density at radius 3 is 1.67 bits per heavy atom. The lowest BCUT2D eigenvalue weighted by atomic mass is 10.3. The number of thioether (sulfide) groups is 2. The molecule has 0 aromatic carbocycles. The smallest absolute Gasteiger partial charge is 0.418 e. The first-order chi connectivity index (χ1) is 5.43. The van der Waals surface area contributed by atoms with Gasteiger partial charge >= 0.3 is 7.25 Å². The summed E-state index contributed by atoms with van der Waals surface area (Å²) < 4.78 is 40.5. The summed E-state index contributed by atoms with van der Waals surface area (Å²) in [4.78, 5) is 0. The summed E-state index contributed by atoms with van der Waals surface area (Å²) in [6.07, 6.45) is 2.14. The van der Waals surface area contributed by atoms with Gasteiger partial charge in [-0.1, -0.05) is 23.5 Å². The summed E-state index contributed by atoms with van der Waals surface area (Å²) in [6, 6.07) is 0. The van der Waals surface area contributed by atoms with Gasteiger partial charge in [-0.15, -0.1) is 0 Å². The first kappa shape index (κ1) is 12.6. The minimum Gasteiger partial charge on any atom is -0.418 e. The van der Waals surface area contributed by atoms with E-state index in [0.29, 0.717) is 0 Å². The maximum atomic E-state index is 9.75. The zero-order valence-electron chi connectivity index (χ0n) is 6.23. The van der Waals surface area contributed by atoms with E-state index in [4.69, 9.17) is 0 Å². The van der Waals surface area contributed by atoms with Gasteiger partial charge in [0.1, 0.15) is 0 Å². The molecule has 0 spiro atoms. The first-order valence-corrected chi connectivity index (χ1v) is 6.17. The molecular weight excluding hydrogens is 231 g/mol. The van der Waals surface area contributed by atoms with E-state index in [0.717, 1.165) is 0 Å². The Balaban J connectivity index is 0.000000217. The summed E-state index contributed by atoms with van der Waals surface area (Å²) in [5.41, 5.74) is 0. The quantitative estimate of drug-likeness (QED) is 0.275. The lowest BCUT2D eigenvalue weighted by molar-refractivity contribution is 0.368. The van der Waals surface area contributed by atoms with Crippen LogP contribution in [0.15, 0.2) is 0 Å². The van der Waals surface area contributed by atoms with Crippen molar-refractivity contribution in [2.45, 2.75) is 0 Å². The second-order valence-electron chi connectivity index (χ2n) is 1.65. The van der Waals surface area contributed by atoms with Crippen LogP contribution < -0.4 is 0 Å². The van der Waals surface area contributed by atoms with Crippen molar-refractivity contribution in [2.24, 2.45) is 0 Å². The first-order valence-electron chi connectivity index (χ1n) is 2.97. The number of hydrogen-bond donors (Lipinski definition) is 0. The van der Waals surface area contributed by atoms with Crippen LogP contribution in [0.25, 0.3) is 0 Å². The summed E-state index contributed by atoms with van der Waals surface area (Å²) in [7, 11) is -6.00. The van der Waals surface area contributed by atoms with E-state index in [9.17, 15) is 17.3 Å². The fourth-order valence-corrected chi connectivity index (χ4v) is 3.69. The highest BCUT2D eigenvalue weighted by molar-refractivity contribution is 8.48. The highest BCUT2D eigenvalue weighted by Gasteiger charge is 2.20. The van der Waals surface area contributed by atoms with Crippen molar-refractivity contribution in [3.05, 3.63) is 0 Å². The molecule has 1 rings (SSSR count). The molecule has 0 radical (unpaired) electrons. The van der Waals surface area contributed by atoms with Crippen molar-refractivity contribution < 1.29 is 17.3 Å². The molecule has 0 atom stereocenters. The molecule has 1 aliphatic heterocycles. The van der Waals surface area contributed by atoms with Crippen LogP contribution in [0.3, 0.4) is 0 Å². The maximum absolute atomic E-state index is 9.75. The molecule has 0 aromatic rings. The lowest BCUT2D eigenvalue weighted by Gasteiger charge is -1.94. The molecule has 0 aliphatic carbocycles. The molecule has 0 unspecified atom stereocenters. The van der Waals surface area contributed by atoms with Crippen LogP contribution >= 0.6 is 23.5 Å². The van der Waals surface area contributed by atoms with E-state index >= 15 is 0 Å². The van der Waals surface area contributed by atoms with Crippen molar-refractivity contribution in [2.75, 3.05) is 17.8 Å². The van der Waals surface area contributed by atoms with E-state index in [1.54, 1.807) is 3.53 Å². The average Bonchev–Trinajstić information content (AvgIpc) is 2.33.